The summed E-state index contributed by atoms with van der Waals surface area (Å²) in [4.78, 5) is 13.5. The van der Waals surface area contributed by atoms with Crippen LogP contribution in [0, 0.1) is 11.7 Å². The average molecular weight is 238 g/mol. The molecule has 0 aromatic heterocycles. The molecule has 3 nitrogen and oxygen atoms in total. The molecular formula is C13H19FN2O. The van der Waals surface area contributed by atoms with Crippen LogP contribution in [-0.4, -0.2) is 24.4 Å². The van der Waals surface area contributed by atoms with Crippen LogP contribution in [0.4, 0.5) is 10.1 Å². The van der Waals surface area contributed by atoms with E-state index in [0.717, 1.165) is 6.42 Å². The zero-order valence-corrected chi connectivity index (χ0v) is 10.5. The van der Waals surface area contributed by atoms with Gasteiger partial charge < -0.3 is 10.6 Å². The summed E-state index contributed by atoms with van der Waals surface area (Å²) in [6.45, 7) is 4.73. The largest absolute Gasteiger partial charge is 0.399 e. The van der Waals surface area contributed by atoms with Gasteiger partial charge in [-0.3, -0.25) is 4.79 Å². The standard InChI is InChI=1S/C13H19FN2O/c1-4-9(2)8-16(3)13(17)11-7-10(15)5-6-12(11)14/h5-7,9H,4,8,15H2,1-3H3. The van der Waals surface area contributed by atoms with Gasteiger partial charge >= 0.3 is 0 Å². The third kappa shape index (κ3) is 3.44. The topological polar surface area (TPSA) is 46.3 Å². The first-order valence-electron chi connectivity index (χ1n) is 5.76. The Hall–Kier alpha value is -1.58. The summed E-state index contributed by atoms with van der Waals surface area (Å²) in [5.74, 6) is -0.455. The number of hydrogen-bond acceptors (Lipinski definition) is 2. The number of amides is 1. The van der Waals surface area contributed by atoms with E-state index in [0.29, 0.717) is 18.2 Å². The van der Waals surface area contributed by atoms with Crippen LogP contribution in [0.3, 0.4) is 0 Å². The van der Waals surface area contributed by atoms with Gasteiger partial charge in [0.2, 0.25) is 0 Å². The number of nitrogens with two attached hydrogens (primary N) is 1. The molecule has 0 aliphatic heterocycles. The van der Waals surface area contributed by atoms with E-state index in [4.69, 9.17) is 5.73 Å². The number of rotatable bonds is 4. The Bertz CT molecular complexity index is 406. The van der Waals surface area contributed by atoms with E-state index in [2.05, 4.69) is 13.8 Å². The summed E-state index contributed by atoms with van der Waals surface area (Å²) in [6.07, 6.45) is 0.983. The van der Waals surface area contributed by atoms with Gasteiger partial charge in [0.05, 0.1) is 5.56 Å². The van der Waals surface area contributed by atoms with Crippen molar-refractivity contribution in [3.05, 3.63) is 29.6 Å². The minimum Gasteiger partial charge on any atom is -0.399 e. The van der Waals surface area contributed by atoms with Crippen molar-refractivity contribution in [3.63, 3.8) is 0 Å². The van der Waals surface area contributed by atoms with Crippen LogP contribution < -0.4 is 5.73 Å². The molecule has 0 saturated carbocycles. The molecule has 0 aliphatic rings. The van der Waals surface area contributed by atoms with Crippen molar-refractivity contribution in [3.8, 4) is 0 Å². The van der Waals surface area contributed by atoms with Gasteiger partial charge in [-0.05, 0) is 24.1 Å². The zero-order valence-electron chi connectivity index (χ0n) is 10.5. The molecule has 0 radical (unpaired) electrons. The lowest BCUT2D eigenvalue weighted by Crippen LogP contribution is -2.31. The number of nitrogen functional groups attached to an aromatic ring is 1. The molecule has 0 aliphatic carbocycles. The van der Waals surface area contributed by atoms with Gasteiger partial charge in [-0.1, -0.05) is 20.3 Å². The first-order chi connectivity index (χ1) is 7.95. The molecule has 0 spiro atoms. The Morgan fingerprint density at radius 1 is 1.53 bits per heavy atom. The molecule has 17 heavy (non-hydrogen) atoms. The maximum Gasteiger partial charge on any atom is 0.256 e. The van der Waals surface area contributed by atoms with Gasteiger partial charge in [0.1, 0.15) is 5.82 Å². The molecule has 0 bridgehead atoms. The predicted molar refractivity (Wildman–Crippen MR) is 67.2 cm³/mol. The number of anilines is 1. The molecule has 2 N–H and O–H groups in total. The molecule has 1 unspecified atom stereocenters. The first-order valence-corrected chi connectivity index (χ1v) is 5.76. The van der Waals surface area contributed by atoms with E-state index in [1.165, 1.54) is 23.1 Å². The summed E-state index contributed by atoms with van der Waals surface area (Å²) in [7, 11) is 1.68. The quantitative estimate of drug-likeness (QED) is 0.819. The molecule has 0 heterocycles. The van der Waals surface area contributed by atoms with E-state index in [1.807, 2.05) is 0 Å². The van der Waals surface area contributed by atoms with E-state index in [9.17, 15) is 9.18 Å². The first kappa shape index (κ1) is 13.5. The number of carbonyl (C=O) groups excluding carboxylic acids is 1. The van der Waals surface area contributed by atoms with E-state index in [-0.39, 0.29) is 11.5 Å². The maximum absolute atomic E-state index is 13.5. The highest BCUT2D eigenvalue weighted by Crippen LogP contribution is 2.15. The summed E-state index contributed by atoms with van der Waals surface area (Å²) in [6, 6.07) is 4.05. The van der Waals surface area contributed by atoms with Crippen molar-refractivity contribution in [2.45, 2.75) is 20.3 Å². The zero-order chi connectivity index (χ0) is 13.0. The van der Waals surface area contributed by atoms with Gasteiger partial charge in [0, 0.05) is 19.3 Å². The highest BCUT2D eigenvalue weighted by molar-refractivity contribution is 5.95. The summed E-state index contributed by atoms with van der Waals surface area (Å²) in [5, 5.41) is 0. The number of nitrogens with zero attached hydrogens (tertiary/aromatic N) is 1. The highest BCUT2D eigenvalue weighted by atomic mass is 19.1. The van der Waals surface area contributed by atoms with Gasteiger partial charge in [0.15, 0.2) is 0 Å². The second-order valence-electron chi connectivity index (χ2n) is 4.44. The Labute approximate surface area is 101 Å². The van der Waals surface area contributed by atoms with Crippen molar-refractivity contribution < 1.29 is 9.18 Å². The molecule has 1 rings (SSSR count). The van der Waals surface area contributed by atoms with E-state index < -0.39 is 5.82 Å². The molecule has 1 aromatic rings. The van der Waals surface area contributed by atoms with Crippen LogP contribution >= 0.6 is 0 Å². The fraction of sp³-hybridized carbons (Fsp3) is 0.462. The lowest BCUT2D eigenvalue weighted by atomic mass is 10.1. The van der Waals surface area contributed by atoms with Crippen LogP contribution in [-0.2, 0) is 0 Å². The summed E-state index contributed by atoms with van der Waals surface area (Å²) < 4.78 is 13.5. The normalized spacial score (nSPS) is 12.2. The van der Waals surface area contributed by atoms with Gasteiger partial charge in [-0.2, -0.15) is 0 Å². The average Bonchev–Trinajstić information content (AvgIpc) is 2.31. The van der Waals surface area contributed by atoms with Crippen molar-refractivity contribution >= 4 is 11.6 Å². The summed E-state index contributed by atoms with van der Waals surface area (Å²) in [5.41, 5.74) is 5.99. The molecule has 0 saturated heterocycles. The smallest absolute Gasteiger partial charge is 0.256 e. The molecule has 0 fully saturated rings. The molecule has 1 aromatic carbocycles. The molecule has 94 valence electrons. The predicted octanol–water partition coefficient (Wildman–Crippen LogP) is 2.53. The van der Waals surface area contributed by atoms with Crippen LogP contribution in [0.5, 0.6) is 0 Å². The van der Waals surface area contributed by atoms with Crippen molar-refractivity contribution in [1.29, 1.82) is 0 Å². The van der Waals surface area contributed by atoms with Gasteiger partial charge in [-0.25, -0.2) is 4.39 Å². The molecular weight excluding hydrogens is 219 g/mol. The van der Waals surface area contributed by atoms with Crippen LogP contribution in [0.1, 0.15) is 30.6 Å². The Morgan fingerprint density at radius 2 is 2.18 bits per heavy atom. The van der Waals surface area contributed by atoms with Gasteiger partial charge in [0.25, 0.3) is 5.91 Å². The Kier molecular flexibility index (Phi) is 4.49. The lowest BCUT2D eigenvalue weighted by molar-refractivity contribution is 0.0770. The van der Waals surface area contributed by atoms with Crippen LogP contribution in [0.15, 0.2) is 18.2 Å². The van der Waals surface area contributed by atoms with Crippen molar-refractivity contribution in [2.75, 3.05) is 19.3 Å². The number of benzene rings is 1. The fourth-order valence-corrected chi connectivity index (χ4v) is 1.59. The summed E-state index contributed by atoms with van der Waals surface area (Å²) >= 11 is 0. The maximum atomic E-state index is 13.5. The Balaban J connectivity index is 2.85. The van der Waals surface area contributed by atoms with Crippen molar-refractivity contribution in [2.24, 2.45) is 5.92 Å². The molecule has 4 heteroatoms. The second-order valence-corrected chi connectivity index (χ2v) is 4.44. The monoisotopic (exact) mass is 238 g/mol. The second kappa shape index (κ2) is 5.66. The fourth-order valence-electron chi connectivity index (χ4n) is 1.59. The van der Waals surface area contributed by atoms with Gasteiger partial charge in [-0.15, -0.1) is 0 Å². The lowest BCUT2D eigenvalue weighted by Gasteiger charge is -2.21. The minimum absolute atomic E-state index is 0.0378. The number of hydrogen-bond donors (Lipinski definition) is 1. The SMILES string of the molecule is CCC(C)CN(C)C(=O)c1cc(N)ccc1F. The van der Waals surface area contributed by atoms with Crippen molar-refractivity contribution in [1.82, 2.24) is 4.90 Å². The number of halogens is 1. The Morgan fingerprint density at radius 3 is 2.76 bits per heavy atom. The van der Waals surface area contributed by atoms with E-state index >= 15 is 0 Å². The van der Waals surface area contributed by atoms with Crippen LogP contribution in [0.25, 0.3) is 0 Å². The third-order valence-corrected chi connectivity index (χ3v) is 2.85. The van der Waals surface area contributed by atoms with Crippen LogP contribution in [0.2, 0.25) is 0 Å². The minimum atomic E-state index is -0.528. The van der Waals surface area contributed by atoms with E-state index in [1.54, 1.807) is 7.05 Å². The molecule has 1 amide bonds. The number of carbonyl (C=O) groups is 1. The highest BCUT2D eigenvalue weighted by Gasteiger charge is 2.17. The molecule has 1 atom stereocenters. The third-order valence-electron chi connectivity index (χ3n) is 2.85.